The summed E-state index contributed by atoms with van der Waals surface area (Å²) in [7, 11) is 0. The number of halogens is 2. The molecule has 3 amide bonds. The molecule has 2 N–H and O–H groups in total. The molecule has 2 atom stereocenters. The first kappa shape index (κ1) is 20.2. The van der Waals surface area contributed by atoms with Crippen LogP contribution in [-0.2, 0) is 20.7 Å². The van der Waals surface area contributed by atoms with E-state index in [2.05, 4.69) is 17.6 Å². The molecule has 1 fully saturated rings. The summed E-state index contributed by atoms with van der Waals surface area (Å²) in [5.74, 6) is -1.83. The molecule has 0 aliphatic heterocycles. The van der Waals surface area contributed by atoms with Crippen LogP contribution in [0.3, 0.4) is 0 Å². The van der Waals surface area contributed by atoms with E-state index in [0.29, 0.717) is 5.92 Å². The van der Waals surface area contributed by atoms with Crippen LogP contribution in [0.25, 0.3) is 0 Å². The van der Waals surface area contributed by atoms with Gasteiger partial charge >= 0.3 is 12.0 Å². The maximum atomic E-state index is 13.6. The fraction of sp³-hybridized carbons (Fsp3) is 0.500. The number of hydrogen-bond acceptors (Lipinski definition) is 4. The van der Waals surface area contributed by atoms with Crippen LogP contribution in [0.5, 0.6) is 0 Å². The van der Waals surface area contributed by atoms with E-state index in [0.717, 1.165) is 25.7 Å². The van der Waals surface area contributed by atoms with Crippen molar-refractivity contribution < 1.29 is 23.5 Å². The molecule has 1 aliphatic carbocycles. The molecule has 0 aromatic heterocycles. The fourth-order valence-corrected chi connectivity index (χ4v) is 3.17. The van der Waals surface area contributed by atoms with E-state index in [4.69, 9.17) is 16.3 Å². The first-order chi connectivity index (χ1) is 12.4. The number of benzene rings is 1. The largest absolute Gasteiger partial charge is 0.455 e. The van der Waals surface area contributed by atoms with Gasteiger partial charge < -0.3 is 10.1 Å². The van der Waals surface area contributed by atoms with Crippen molar-refractivity contribution in [1.82, 2.24) is 10.6 Å². The number of imide groups is 1. The lowest BCUT2D eigenvalue weighted by Gasteiger charge is -2.29. The molecule has 1 saturated carbocycles. The van der Waals surface area contributed by atoms with Gasteiger partial charge in [-0.1, -0.05) is 37.4 Å². The maximum Gasteiger partial charge on any atom is 0.321 e. The van der Waals surface area contributed by atoms with Crippen LogP contribution in [0.2, 0.25) is 5.02 Å². The lowest BCUT2D eigenvalue weighted by molar-refractivity contribution is -0.147. The van der Waals surface area contributed by atoms with Gasteiger partial charge in [-0.2, -0.15) is 0 Å². The molecule has 1 aromatic rings. The van der Waals surface area contributed by atoms with Gasteiger partial charge in [-0.3, -0.25) is 14.9 Å². The highest BCUT2D eigenvalue weighted by atomic mass is 35.5. The third kappa shape index (κ3) is 5.98. The molecular weight excluding hydrogens is 363 g/mol. The Hall–Kier alpha value is -2.15. The van der Waals surface area contributed by atoms with Gasteiger partial charge in [0, 0.05) is 16.6 Å². The van der Waals surface area contributed by atoms with Gasteiger partial charge in [-0.05, 0) is 30.9 Å². The first-order valence-corrected chi connectivity index (χ1v) is 8.93. The number of rotatable bonds is 5. The maximum absolute atomic E-state index is 13.6. The Balaban J connectivity index is 1.74. The van der Waals surface area contributed by atoms with Crippen molar-refractivity contribution in [2.75, 3.05) is 6.61 Å². The van der Waals surface area contributed by atoms with Gasteiger partial charge in [0.25, 0.3) is 5.91 Å². The zero-order valence-corrected chi connectivity index (χ0v) is 15.3. The first-order valence-electron chi connectivity index (χ1n) is 8.55. The third-order valence-electron chi connectivity index (χ3n) is 4.43. The Labute approximate surface area is 156 Å². The summed E-state index contributed by atoms with van der Waals surface area (Å²) in [6.45, 7) is 1.43. The van der Waals surface area contributed by atoms with Gasteiger partial charge in [0.15, 0.2) is 6.61 Å². The number of carbonyl (C=O) groups excluding carboxylic acids is 3. The second kappa shape index (κ2) is 9.52. The van der Waals surface area contributed by atoms with Gasteiger partial charge in [0.2, 0.25) is 0 Å². The number of nitrogens with one attached hydrogen (secondary N) is 2. The SMILES string of the molecule is C[C@H]1CCCC[C@@H]1NC(=O)NC(=O)COC(=O)Cc1c(F)cccc1Cl. The van der Waals surface area contributed by atoms with E-state index >= 15 is 0 Å². The normalized spacial score (nSPS) is 19.5. The summed E-state index contributed by atoms with van der Waals surface area (Å²) in [4.78, 5) is 35.3. The van der Waals surface area contributed by atoms with Gasteiger partial charge in [0.1, 0.15) is 5.82 Å². The van der Waals surface area contributed by atoms with Crippen molar-refractivity contribution >= 4 is 29.5 Å². The van der Waals surface area contributed by atoms with E-state index in [-0.39, 0.29) is 16.6 Å². The summed E-state index contributed by atoms with van der Waals surface area (Å²) in [6, 6.07) is 3.48. The predicted molar refractivity (Wildman–Crippen MR) is 94.2 cm³/mol. The minimum atomic E-state index is -0.812. The zero-order valence-electron chi connectivity index (χ0n) is 14.5. The highest BCUT2D eigenvalue weighted by Crippen LogP contribution is 2.23. The van der Waals surface area contributed by atoms with E-state index in [1.54, 1.807) is 0 Å². The van der Waals surface area contributed by atoms with E-state index in [9.17, 15) is 18.8 Å². The average Bonchev–Trinajstić information content (AvgIpc) is 2.58. The third-order valence-corrected chi connectivity index (χ3v) is 4.78. The molecule has 142 valence electrons. The summed E-state index contributed by atoms with van der Waals surface area (Å²) < 4.78 is 18.4. The Morgan fingerprint density at radius 1 is 1.27 bits per heavy atom. The zero-order chi connectivity index (χ0) is 19.1. The molecule has 0 spiro atoms. The van der Waals surface area contributed by atoms with E-state index in [1.165, 1.54) is 18.2 Å². The van der Waals surface area contributed by atoms with E-state index < -0.39 is 36.8 Å². The molecule has 1 aliphatic rings. The molecule has 0 unspecified atom stereocenters. The molecule has 8 heteroatoms. The van der Waals surface area contributed by atoms with Gasteiger partial charge in [-0.25, -0.2) is 9.18 Å². The summed E-state index contributed by atoms with van der Waals surface area (Å²) >= 11 is 5.83. The number of urea groups is 1. The highest BCUT2D eigenvalue weighted by Gasteiger charge is 2.23. The Morgan fingerprint density at radius 2 is 2.00 bits per heavy atom. The molecule has 0 radical (unpaired) electrons. The Kier molecular flexibility index (Phi) is 7.38. The van der Waals surface area contributed by atoms with Crippen molar-refractivity contribution in [3.8, 4) is 0 Å². The Morgan fingerprint density at radius 3 is 2.69 bits per heavy atom. The fourth-order valence-electron chi connectivity index (χ4n) is 2.94. The van der Waals surface area contributed by atoms with Crippen molar-refractivity contribution in [1.29, 1.82) is 0 Å². The number of carbonyl (C=O) groups is 3. The molecular formula is C18H22ClFN2O4. The van der Waals surface area contributed by atoms with Crippen molar-refractivity contribution in [2.24, 2.45) is 5.92 Å². The molecule has 0 bridgehead atoms. The van der Waals surface area contributed by atoms with Crippen LogP contribution in [0.15, 0.2) is 18.2 Å². The van der Waals surface area contributed by atoms with Crippen LogP contribution < -0.4 is 10.6 Å². The van der Waals surface area contributed by atoms with Crippen molar-refractivity contribution in [2.45, 2.75) is 45.1 Å². The lowest BCUT2D eigenvalue weighted by atomic mass is 9.86. The standard InChI is InChI=1S/C18H22ClFN2O4/c1-11-5-2-3-8-15(11)21-18(25)22-16(23)10-26-17(24)9-12-13(19)6-4-7-14(12)20/h4,6-7,11,15H,2-3,5,8-10H2,1H3,(H2,21,22,23,25)/t11-,15-/m0/s1. The molecule has 26 heavy (non-hydrogen) atoms. The second-order valence-corrected chi connectivity index (χ2v) is 6.83. The molecule has 0 heterocycles. The van der Waals surface area contributed by atoms with E-state index in [1.807, 2.05) is 0 Å². The quantitative estimate of drug-likeness (QED) is 0.764. The van der Waals surface area contributed by atoms with Crippen LogP contribution in [0.4, 0.5) is 9.18 Å². The lowest BCUT2D eigenvalue weighted by Crippen LogP contribution is -2.48. The van der Waals surface area contributed by atoms with Crippen LogP contribution in [0.1, 0.15) is 38.2 Å². The molecule has 2 rings (SSSR count). The van der Waals surface area contributed by atoms with Crippen LogP contribution >= 0.6 is 11.6 Å². The monoisotopic (exact) mass is 384 g/mol. The smallest absolute Gasteiger partial charge is 0.321 e. The minimum Gasteiger partial charge on any atom is -0.455 e. The number of ether oxygens (including phenoxy) is 1. The highest BCUT2D eigenvalue weighted by molar-refractivity contribution is 6.31. The molecule has 6 nitrogen and oxygen atoms in total. The number of hydrogen-bond donors (Lipinski definition) is 2. The second-order valence-electron chi connectivity index (χ2n) is 6.43. The van der Waals surface area contributed by atoms with Crippen LogP contribution in [0, 0.1) is 11.7 Å². The summed E-state index contributed by atoms with van der Waals surface area (Å²) in [6.07, 6.45) is 3.70. The number of amides is 3. The summed E-state index contributed by atoms with van der Waals surface area (Å²) in [5.41, 5.74) is 0.00334. The number of esters is 1. The molecule has 0 saturated heterocycles. The van der Waals surface area contributed by atoms with Gasteiger partial charge in [-0.15, -0.1) is 0 Å². The minimum absolute atomic E-state index is 0.00334. The van der Waals surface area contributed by atoms with Crippen molar-refractivity contribution in [3.63, 3.8) is 0 Å². The average molecular weight is 385 g/mol. The summed E-state index contributed by atoms with van der Waals surface area (Å²) in [5, 5.41) is 4.99. The predicted octanol–water partition coefficient (Wildman–Crippen LogP) is 2.97. The Bertz CT molecular complexity index is 663. The van der Waals surface area contributed by atoms with Gasteiger partial charge in [0.05, 0.1) is 6.42 Å². The van der Waals surface area contributed by atoms with Crippen molar-refractivity contribution in [3.05, 3.63) is 34.6 Å². The van der Waals surface area contributed by atoms with Crippen LogP contribution in [-0.4, -0.2) is 30.6 Å². The molecule has 1 aromatic carbocycles. The topological polar surface area (TPSA) is 84.5 Å².